The molecule has 122 valence electrons. The summed E-state index contributed by atoms with van der Waals surface area (Å²) >= 11 is 0. The van der Waals surface area contributed by atoms with Crippen molar-refractivity contribution >= 4 is 6.03 Å². The van der Waals surface area contributed by atoms with Gasteiger partial charge >= 0.3 is 6.03 Å². The number of ether oxygens (including phenoxy) is 1. The molecule has 2 amide bonds. The third-order valence-electron chi connectivity index (χ3n) is 4.36. The fourth-order valence-electron chi connectivity index (χ4n) is 3.02. The number of likely N-dealkylation sites (tertiary alicyclic amines) is 1. The molecule has 1 unspecified atom stereocenters. The van der Waals surface area contributed by atoms with Gasteiger partial charge in [0.15, 0.2) is 0 Å². The molecule has 2 heterocycles. The largest absolute Gasteiger partial charge is 0.497 e. The number of methoxy groups -OCH3 is 1. The molecule has 23 heavy (non-hydrogen) atoms. The second-order valence-corrected chi connectivity index (χ2v) is 5.73. The summed E-state index contributed by atoms with van der Waals surface area (Å²) in [6, 6.07) is 9.98. The van der Waals surface area contributed by atoms with Gasteiger partial charge in [-0.15, -0.1) is 0 Å². The number of nitrogens with one attached hydrogen (secondary N) is 1. The highest BCUT2D eigenvalue weighted by atomic mass is 16.5. The molecule has 0 spiro atoms. The van der Waals surface area contributed by atoms with Crippen LogP contribution in [-0.4, -0.2) is 34.4 Å². The first-order chi connectivity index (χ1) is 11.2. The number of hydrogen-bond donors (Lipinski definition) is 1. The number of urea groups is 1. The van der Waals surface area contributed by atoms with E-state index in [4.69, 9.17) is 4.74 Å². The molecular formula is C17H22N4O2. The van der Waals surface area contributed by atoms with E-state index in [1.807, 2.05) is 42.3 Å². The zero-order chi connectivity index (χ0) is 16.2. The molecule has 1 aliphatic rings. The van der Waals surface area contributed by atoms with Crippen LogP contribution in [-0.2, 0) is 13.6 Å². The number of hydrogen-bond acceptors (Lipinski definition) is 3. The highest BCUT2D eigenvalue weighted by molar-refractivity contribution is 5.75. The van der Waals surface area contributed by atoms with Crippen molar-refractivity contribution in [1.82, 2.24) is 20.0 Å². The van der Waals surface area contributed by atoms with Crippen LogP contribution in [0.15, 0.2) is 36.5 Å². The van der Waals surface area contributed by atoms with Crippen LogP contribution in [0.3, 0.4) is 0 Å². The van der Waals surface area contributed by atoms with Gasteiger partial charge in [-0.2, -0.15) is 5.10 Å². The Balaban J connectivity index is 1.65. The molecule has 1 N–H and O–H groups in total. The van der Waals surface area contributed by atoms with Gasteiger partial charge in [0.25, 0.3) is 0 Å². The average molecular weight is 314 g/mol. The van der Waals surface area contributed by atoms with Crippen LogP contribution in [0.4, 0.5) is 4.79 Å². The molecular weight excluding hydrogens is 292 g/mol. The number of nitrogens with zero attached hydrogens (tertiary/aromatic N) is 3. The second-order valence-electron chi connectivity index (χ2n) is 5.73. The molecule has 1 aliphatic heterocycles. The Kier molecular flexibility index (Phi) is 4.50. The molecule has 3 rings (SSSR count). The van der Waals surface area contributed by atoms with E-state index in [1.54, 1.807) is 18.0 Å². The van der Waals surface area contributed by atoms with Crippen molar-refractivity contribution in [3.63, 3.8) is 0 Å². The SMILES string of the molecule is COc1ccc(C2CCCN2C(=O)NCc2ccnn2C)cc1. The summed E-state index contributed by atoms with van der Waals surface area (Å²) < 4.78 is 6.97. The minimum absolute atomic E-state index is 0.0236. The summed E-state index contributed by atoms with van der Waals surface area (Å²) in [6.45, 7) is 1.27. The van der Waals surface area contributed by atoms with Gasteiger partial charge in [0, 0.05) is 19.8 Å². The highest BCUT2D eigenvalue weighted by Gasteiger charge is 2.29. The topological polar surface area (TPSA) is 59.4 Å². The van der Waals surface area contributed by atoms with Crippen LogP contribution in [0.1, 0.15) is 30.1 Å². The lowest BCUT2D eigenvalue weighted by Crippen LogP contribution is -2.39. The van der Waals surface area contributed by atoms with Gasteiger partial charge in [-0.05, 0) is 36.6 Å². The van der Waals surface area contributed by atoms with E-state index in [0.29, 0.717) is 6.54 Å². The van der Waals surface area contributed by atoms with Gasteiger partial charge in [-0.25, -0.2) is 4.79 Å². The number of aryl methyl sites for hydroxylation is 1. The number of amides is 2. The maximum absolute atomic E-state index is 12.5. The maximum atomic E-state index is 12.5. The minimum Gasteiger partial charge on any atom is -0.497 e. The number of carbonyl (C=O) groups excluding carboxylic acids is 1. The van der Waals surface area contributed by atoms with Crippen LogP contribution in [0.5, 0.6) is 5.75 Å². The Hall–Kier alpha value is -2.50. The molecule has 1 saturated heterocycles. The molecule has 1 aromatic carbocycles. The van der Waals surface area contributed by atoms with Crippen molar-refractivity contribution < 1.29 is 9.53 Å². The molecule has 2 aromatic rings. The van der Waals surface area contributed by atoms with Gasteiger partial charge in [-0.3, -0.25) is 4.68 Å². The standard InChI is InChI=1S/C17H22N4O2/c1-20-14(9-10-19-20)12-18-17(22)21-11-3-4-16(21)13-5-7-15(23-2)8-6-13/h5-10,16H,3-4,11-12H2,1-2H3,(H,18,22). The first kappa shape index (κ1) is 15.4. The predicted octanol–water partition coefficient (Wildman–Crippen LogP) is 2.48. The van der Waals surface area contributed by atoms with E-state index in [1.165, 1.54) is 0 Å². The van der Waals surface area contributed by atoms with E-state index >= 15 is 0 Å². The molecule has 0 aliphatic carbocycles. The third-order valence-corrected chi connectivity index (χ3v) is 4.36. The molecule has 0 bridgehead atoms. The molecule has 0 saturated carbocycles. The van der Waals surface area contributed by atoms with Gasteiger partial charge in [0.1, 0.15) is 5.75 Å². The Bertz CT molecular complexity index is 665. The Morgan fingerprint density at radius 2 is 2.13 bits per heavy atom. The fraction of sp³-hybridized carbons (Fsp3) is 0.412. The summed E-state index contributed by atoms with van der Waals surface area (Å²) in [5, 5.41) is 7.10. The van der Waals surface area contributed by atoms with Crippen LogP contribution < -0.4 is 10.1 Å². The van der Waals surface area contributed by atoms with Crippen LogP contribution >= 0.6 is 0 Å². The zero-order valence-corrected chi connectivity index (χ0v) is 13.5. The van der Waals surface area contributed by atoms with Gasteiger partial charge in [0.05, 0.1) is 25.4 Å². The maximum Gasteiger partial charge on any atom is 0.318 e. The number of aromatic nitrogens is 2. The number of rotatable bonds is 4. The van der Waals surface area contributed by atoms with Crippen molar-refractivity contribution in [2.45, 2.75) is 25.4 Å². The van der Waals surface area contributed by atoms with E-state index in [2.05, 4.69) is 10.4 Å². The Labute approximate surface area is 136 Å². The monoisotopic (exact) mass is 314 g/mol. The second kappa shape index (κ2) is 6.73. The molecule has 0 radical (unpaired) electrons. The summed E-state index contributed by atoms with van der Waals surface area (Å²) in [6.07, 6.45) is 3.75. The minimum atomic E-state index is -0.0236. The van der Waals surface area contributed by atoms with Crippen molar-refractivity contribution in [3.05, 3.63) is 47.8 Å². The lowest BCUT2D eigenvalue weighted by Gasteiger charge is -2.25. The van der Waals surface area contributed by atoms with E-state index in [-0.39, 0.29) is 12.1 Å². The van der Waals surface area contributed by atoms with Gasteiger partial charge in [0.2, 0.25) is 0 Å². The van der Waals surface area contributed by atoms with Crippen LogP contribution in [0.25, 0.3) is 0 Å². The smallest absolute Gasteiger partial charge is 0.318 e. The average Bonchev–Trinajstić information content (AvgIpc) is 3.22. The highest BCUT2D eigenvalue weighted by Crippen LogP contribution is 2.32. The van der Waals surface area contributed by atoms with Crippen molar-refractivity contribution in [2.75, 3.05) is 13.7 Å². The normalized spacial score (nSPS) is 17.3. The number of benzene rings is 1. The van der Waals surface area contributed by atoms with Crippen molar-refractivity contribution in [3.8, 4) is 5.75 Å². The van der Waals surface area contributed by atoms with Crippen LogP contribution in [0.2, 0.25) is 0 Å². The van der Waals surface area contributed by atoms with Gasteiger partial charge < -0.3 is 15.0 Å². The predicted molar refractivity (Wildman–Crippen MR) is 87.1 cm³/mol. The Morgan fingerprint density at radius 3 is 2.78 bits per heavy atom. The molecule has 1 aromatic heterocycles. The molecule has 1 atom stereocenters. The van der Waals surface area contributed by atoms with E-state index in [9.17, 15) is 4.79 Å². The zero-order valence-electron chi connectivity index (χ0n) is 13.5. The molecule has 1 fully saturated rings. The third kappa shape index (κ3) is 3.31. The molecule has 6 nitrogen and oxygen atoms in total. The van der Waals surface area contributed by atoms with E-state index < -0.39 is 0 Å². The lowest BCUT2D eigenvalue weighted by atomic mass is 10.0. The first-order valence-electron chi connectivity index (χ1n) is 7.84. The van der Waals surface area contributed by atoms with Crippen molar-refractivity contribution in [2.24, 2.45) is 7.05 Å². The summed E-state index contributed by atoms with van der Waals surface area (Å²) in [7, 11) is 3.53. The lowest BCUT2D eigenvalue weighted by molar-refractivity contribution is 0.192. The quantitative estimate of drug-likeness (QED) is 0.943. The van der Waals surface area contributed by atoms with Crippen molar-refractivity contribution in [1.29, 1.82) is 0 Å². The number of carbonyl (C=O) groups is 1. The summed E-state index contributed by atoms with van der Waals surface area (Å²) in [5.74, 6) is 0.832. The summed E-state index contributed by atoms with van der Waals surface area (Å²) in [5.41, 5.74) is 2.14. The first-order valence-corrected chi connectivity index (χ1v) is 7.84. The van der Waals surface area contributed by atoms with Crippen LogP contribution in [0, 0.1) is 0 Å². The van der Waals surface area contributed by atoms with Gasteiger partial charge in [-0.1, -0.05) is 12.1 Å². The molecule has 6 heteroatoms. The Morgan fingerprint density at radius 1 is 1.35 bits per heavy atom. The van der Waals surface area contributed by atoms with E-state index in [0.717, 1.165) is 36.4 Å². The summed E-state index contributed by atoms with van der Waals surface area (Å²) in [4.78, 5) is 14.4. The fourth-order valence-corrected chi connectivity index (χ4v) is 3.02.